The summed E-state index contributed by atoms with van der Waals surface area (Å²) >= 11 is 0. The number of hydrogen-bond donors (Lipinski definition) is 0. The minimum absolute atomic E-state index is 0.254. The predicted octanol–water partition coefficient (Wildman–Crippen LogP) is 5.44. The molecule has 0 spiro atoms. The number of hydrogen-bond acceptors (Lipinski definition) is 0. The summed E-state index contributed by atoms with van der Waals surface area (Å²) in [4.78, 5) is 0. The van der Waals surface area contributed by atoms with Crippen LogP contribution in [-0.2, 0) is 5.41 Å². The van der Waals surface area contributed by atoms with Crippen LogP contribution in [0, 0.1) is 0 Å². The lowest BCUT2D eigenvalue weighted by Gasteiger charge is -2.20. The molecule has 0 amide bonds. The number of rotatable bonds is 4. The summed E-state index contributed by atoms with van der Waals surface area (Å²) in [5.74, 6) is 0.617. The van der Waals surface area contributed by atoms with Crippen LogP contribution in [0.4, 0.5) is 0 Å². The predicted molar refractivity (Wildman–Crippen MR) is 77.6 cm³/mol. The topological polar surface area (TPSA) is 0 Å². The summed E-state index contributed by atoms with van der Waals surface area (Å²) in [6, 6.07) is 9.11. The Kier molecular flexibility index (Phi) is 4.99. The van der Waals surface area contributed by atoms with Crippen molar-refractivity contribution in [2.75, 3.05) is 0 Å². The zero-order chi connectivity index (χ0) is 12.9. The summed E-state index contributed by atoms with van der Waals surface area (Å²) in [6.45, 7) is 11.3. The van der Waals surface area contributed by atoms with Gasteiger partial charge in [-0.25, -0.2) is 0 Å². The Balaban J connectivity index is 2.70. The molecule has 0 fully saturated rings. The molecule has 1 unspecified atom stereocenters. The monoisotopic (exact) mass is 230 g/mol. The van der Waals surface area contributed by atoms with Gasteiger partial charge in [0.15, 0.2) is 0 Å². The Morgan fingerprint density at radius 1 is 1.06 bits per heavy atom. The lowest BCUT2D eigenvalue weighted by Crippen LogP contribution is -2.10. The third-order valence-corrected chi connectivity index (χ3v) is 3.24. The fourth-order valence-corrected chi connectivity index (χ4v) is 1.91. The van der Waals surface area contributed by atoms with Gasteiger partial charge in [0.05, 0.1) is 0 Å². The van der Waals surface area contributed by atoms with Gasteiger partial charge in [-0.3, -0.25) is 0 Å². The second-order valence-electron chi connectivity index (χ2n) is 5.89. The van der Waals surface area contributed by atoms with Crippen molar-refractivity contribution in [1.29, 1.82) is 0 Å². The van der Waals surface area contributed by atoms with Gasteiger partial charge < -0.3 is 0 Å². The Hall–Kier alpha value is -1.04. The zero-order valence-corrected chi connectivity index (χ0v) is 12.0. The molecule has 0 aliphatic heterocycles. The molecule has 0 heterocycles. The Morgan fingerprint density at radius 3 is 2.12 bits per heavy atom. The smallest absolute Gasteiger partial charge is 0.0132 e. The van der Waals surface area contributed by atoms with E-state index in [2.05, 4.69) is 71.0 Å². The fourth-order valence-electron chi connectivity index (χ4n) is 1.91. The van der Waals surface area contributed by atoms with E-state index in [9.17, 15) is 0 Å². The van der Waals surface area contributed by atoms with Gasteiger partial charge in [0.25, 0.3) is 0 Å². The van der Waals surface area contributed by atoms with Crippen LogP contribution in [0.1, 0.15) is 64.5 Å². The van der Waals surface area contributed by atoms with Gasteiger partial charge >= 0.3 is 0 Å². The average Bonchev–Trinajstić information content (AvgIpc) is 2.28. The van der Waals surface area contributed by atoms with E-state index in [-0.39, 0.29) is 5.41 Å². The molecule has 1 rings (SSSR count). The minimum atomic E-state index is 0.254. The summed E-state index contributed by atoms with van der Waals surface area (Å²) in [6.07, 6.45) is 6.82. The highest BCUT2D eigenvalue weighted by Crippen LogP contribution is 2.25. The van der Waals surface area contributed by atoms with Crippen LogP contribution in [0.2, 0.25) is 0 Å². The van der Waals surface area contributed by atoms with Crippen molar-refractivity contribution in [3.05, 3.63) is 47.5 Å². The molecule has 1 atom stereocenters. The van der Waals surface area contributed by atoms with Gasteiger partial charge in [-0.05, 0) is 35.3 Å². The van der Waals surface area contributed by atoms with Crippen molar-refractivity contribution in [3.63, 3.8) is 0 Å². The van der Waals surface area contributed by atoms with Crippen LogP contribution in [0.15, 0.2) is 36.4 Å². The summed E-state index contributed by atoms with van der Waals surface area (Å²) in [5, 5.41) is 0. The van der Waals surface area contributed by atoms with E-state index in [4.69, 9.17) is 0 Å². The maximum atomic E-state index is 2.30. The number of allylic oxidation sites excluding steroid dienone is 2. The molecule has 0 radical (unpaired) electrons. The maximum absolute atomic E-state index is 2.30. The van der Waals surface area contributed by atoms with Gasteiger partial charge in [0.2, 0.25) is 0 Å². The van der Waals surface area contributed by atoms with Gasteiger partial charge in [0, 0.05) is 0 Å². The molecule has 0 saturated carbocycles. The lowest BCUT2D eigenvalue weighted by molar-refractivity contribution is 0.589. The van der Waals surface area contributed by atoms with Crippen molar-refractivity contribution in [1.82, 2.24) is 0 Å². The molecule has 1 aromatic carbocycles. The molecule has 0 aromatic heterocycles. The van der Waals surface area contributed by atoms with Crippen LogP contribution in [-0.4, -0.2) is 0 Å². The van der Waals surface area contributed by atoms with E-state index in [1.54, 1.807) is 0 Å². The largest absolute Gasteiger partial charge is 0.0888 e. The van der Waals surface area contributed by atoms with E-state index < -0.39 is 0 Å². The summed E-state index contributed by atoms with van der Waals surface area (Å²) in [5.41, 5.74) is 3.11. The first-order valence-electron chi connectivity index (χ1n) is 6.70. The highest BCUT2D eigenvalue weighted by Gasteiger charge is 2.13. The van der Waals surface area contributed by atoms with Crippen molar-refractivity contribution in [2.45, 2.75) is 58.8 Å². The molecule has 0 bridgehead atoms. The van der Waals surface area contributed by atoms with Gasteiger partial charge in [0.1, 0.15) is 0 Å². The van der Waals surface area contributed by atoms with Gasteiger partial charge in [-0.15, -0.1) is 0 Å². The average molecular weight is 230 g/mol. The SMILES string of the molecule is CC/C=C\CC(C)c1ccc(C(C)(C)C)cc1. The van der Waals surface area contributed by atoms with E-state index in [1.165, 1.54) is 11.1 Å². The van der Waals surface area contributed by atoms with E-state index in [0.717, 1.165) is 12.8 Å². The van der Waals surface area contributed by atoms with E-state index >= 15 is 0 Å². The van der Waals surface area contributed by atoms with Crippen LogP contribution < -0.4 is 0 Å². The fraction of sp³-hybridized carbons (Fsp3) is 0.529. The van der Waals surface area contributed by atoms with Crippen molar-refractivity contribution in [3.8, 4) is 0 Å². The van der Waals surface area contributed by atoms with E-state index in [0.29, 0.717) is 5.92 Å². The highest BCUT2D eigenvalue weighted by atomic mass is 14.2. The molecule has 0 aliphatic rings. The number of benzene rings is 1. The Labute approximate surface area is 107 Å². The molecule has 1 aromatic rings. The molecular weight excluding hydrogens is 204 g/mol. The molecule has 0 heteroatoms. The van der Waals surface area contributed by atoms with Crippen molar-refractivity contribution >= 4 is 0 Å². The Morgan fingerprint density at radius 2 is 1.65 bits per heavy atom. The van der Waals surface area contributed by atoms with E-state index in [1.807, 2.05) is 0 Å². The second-order valence-corrected chi connectivity index (χ2v) is 5.89. The standard InChI is InChI=1S/C17H26/c1-6-7-8-9-14(2)15-10-12-16(13-11-15)17(3,4)5/h7-8,10-14H,6,9H2,1-5H3/b8-7-. The minimum Gasteiger partial charge on any atom is -0.0888 e. The lowest BCUT2D eigenvalue weighted by atomic mass is 9.85. The molecule has 0 nitrogen and oxygen atoms in total. The highest BCUT2D eigenvalue weighted by molar-refractivity contribution is 5.29. The molecular formula is C17H26. The van der Waals surface area contributed by atoms with Crippen LogP contribution in [0.3, 0.4) is 0 Å². The normalized spacial score (nSPS) is 14.2. The molecule has 0 N–H and O–H groups in total. The Bertz CT molecular complexity index is 349. The second kappa shape index (κ2) is 6.05. The van der Waals surface area contributed by atoms with Gasteiger partial charge in [-0.1, -0.05) is 71.0 Å². The zero-order valence-electron chi connectivity index (χ0n) is 12.0. The first kappa shape index (κ1) is 14.0. The third-order valence-electron chi connectivity index (χ3n) is 3.24. The molecule has 0 saturated heterocycles. The van der Waals surface area contributed by atoms with Crippen LogP contribution in [0.25, 0.3) is 0 Å². The van der Waals surface area contributed by atoms with Crippen LogP contribution >= 0.6 is 0 Å². The maximum Gasteiger partial charge on any atom is -0.0132 e. The molecule has 0 aliphatic carbocycles. The quantitative estimate of drug-likeness (QED) is 0.604. The first-order valence-corrected chi connectivity index (χ1v) is 6.70. The third kappa shape index (κ3) is 4.38. The van der Waals surface area contributed by atoms with Crippen molar-refractivity contribution in [2.24, 2.45) is 0 Å². The van der Waals surface area contributed by atoms with Crippen LogP contribution in [0.5, 0.6) is 0 Å². The molecule has 17 heavy (non-hydrogen) atoms. The first-order chi connectivity index (χ1) is 7.95. The van der Waals surface area contributed by atoms with Gasteiger partial charge in [-0.2, -0.15) is 0 Å². The summed E-state index contributed by atoms with van der Waals surface area (Å²) < 4.78 is 0. The van der Waals surface area contributed by atoms with Crippen molar-refractivity contribution < 1.29 is 0 Å². The summed E-state index contributed by atoms with van der Waals surface area (Å²) in [7, 11) is 0. The molecule has 94 valence electrons.